The summed E-state index contributed by atoms with van der Waals surface area (Å²) in [6.45, 7) is 4.01. The summed E-state index contributed by atoms with van der Waals surface area (Å²) in [5, 5.41) is 0. The zero-order valence-corrected chi connectivity index (χ0v) is 14.0. The summed E-state index contributed by atoms with van der Waals surface area (Å²) < 4.78 is 1.14. The van der Waals surface area contributed by atoms with Gasteiger partial charge in [-0.1, -0.05) is 53.9 Å². The highest BCUT2D eigenvalue weighted by Crippen LogP contribution is 2.38. The van der Waals surface area contributed by atoms with Crippen LogP contribution in [0.3, 0.4) is 0 Å². The molecule has 1 aromatic rings. The molecule has 1 aliphatic rings. The first-order valence-corrected chi connectivity index (χ1v) is 8.22. The first-order chi connectivity index (χ1) is 9.54. The molecule has 0 heterocycles. The number of nitrogens with zero attached hydrogens (tertiary/aromatic N) is 1. The van der Waals surface area contributed by atoms with Gasteiger partial charge in [-0.2, -0.15) is 0 Å². The quantitative estimate of drug-likeness (QED) is 0.747. The van der Waals surface area contributed by atoms with E-state index in [-0.39, 0.29) is 5.41 Å². The van der Waals surface area contributed by atoms with Gasteiger partial charge >= 0.3 is 0 Å². The summed E-state index contributed by atoms with van der Waals surface area (Å²) >= 11 is 3.59. The van der Waals surface area contributed by atoms with Crippen molar-refractivity contribution in [3.8, 4) is 0 Å². The van der Waals surface area contributed by atoms with Gasteiger partial charge in [-0.05, 0) is 37.4 Å². The summed E-state index contributed by atoms with van der Waals surface area (Å²) in [7, 11) is 2.12. The van der Waals surface area contributed by atoms with Crippen LogP contribution in [0.5, 0.6) is 0 Å². The van der Waals surface area contributed by atoms with Gasteiger partial charge in [0.15, 0.2) is 0 Å². The number of carbonyl (C=O) groups is 1. The van der Waals surface area contributed by atoms with Crippen molar-refractivity contribution in [1.29, 1.82) is 0 Å². The molecule has 0 saturated heterocycles. The van der Waals surface area contributed by atoms with Gasteiger partial charge in [-0.15, -0.1) is 0 Å². The Labute approximate surface area is 130 Å². The van der Waals surface area contributed by atoms with E-state index in [4.69, 9.17) is 0 Å². The van der Waals surface area contributed by atoms with E-state index >= 15 is 0 Å². The molecule has 0 radical (unpaired) electrons. The summed E-state index contributed by atoms with van der Waals surface area (Å²) in [5.74, 6) is 0.672. The Morgan fingerprint density at radius 3 is 2.85 bits per heavy atom. The molecule has 110 valence electrons. The highest BCUT2D eigenvalue weighted by atomic mass is 79.9. The minimum Gasteiger partial charge on any atom is -0.303 e. The van der Waals surface area contributed by atoms with Gasteiger partial charge in [0, 0.05) is 23.0 Å². The fraction of sp³-hybridized carbons (Fsp3) is 0.588. The van der Waals surface area contributed by atoms with Crippen molar-refractivity contribution in [2.75, 3.05) is 13.6 Å². The topological polar surface area (TPSA) is 20.3 Å². The molecule has 1 saturated carbocycles. The largest absolute Gasteiger partial charge is 0.303 e. The summed E-state index contributed by atoms with van der Waals surface area (Å²) in [6.07, 6.45) is 5.75. The molecule has 1 fully saturated rings. The van der Waals surface area contributed by atoms with Crippen LogP contribution >= 0.6 is 15.9 Å². The standard InChI is InChI=1S/C17H24BrNO/c1-14-6-5-9-17(10-14,13-20)12-19(2)11-15-7-3-4-8-16(15)18/h3-4,7-8,13-14H,5-6,9-12H2,1-2H3. The van der Waals surface area contributed by atoms with E-state index in [1.165, 1.54) is 24.7 Å². The van der Waals surface area contributed by atoms with Gasteiger partial charge in [-0.3, -0.25) is 0 Å². The van der Waals surface area contributed by atoms with Crippen LogP contribution in [0.15, 0.2) is 28.7 Å². The predicted molar refractivity (Wildman–Crippen MR) is 86.6 cm³/mol. The minimum atomic E-state index is -0.131. The maximum atomic E-state index is 11.6. The third-order valence-corrected chi connectivity index (χ3v) is 5.13. The predicted octanol–water partition coefficient (Wildman–Crippen LogP) is 4.28. The fourth-order valence-corrected chi connectivity index (χ4v) is 3.91. The SMILES string of the molecule is CC1CCCC(C=O)(CN(C)Cc2ccccc2Br)C1. The third-order valence-electron chi connectivity index (χ3n) is 4.36. The molecule has 2 atom stereocenters. The molecule has 0 aliphatic heterocycles. The molecule has 3 heteroatoms. The van der Waals surface area contributed by atoms with E-state index < -0.39 is 0 Å². The molecular weight excluding hydrogens is 314 g/mol. The third kappa shape index (κ3) is 3.92. The molecule has 1 aromatic carbocycles. The van der Waals surface area contributed by atoms with Crippen LogP contribution in [0.1, 0.15) is 38.2 Å². The molecule has 2 nitrogen and oxygen atoms in total. The second-order valence-corrected chi connectivity index (χ2v) is 7.30. The monoisotopic (exact) mass is 337 g/mol. The first kappa shape index (κ1) is 15.7. The molecule has 0 aromatic heterocycles. The number of halogens is 1. The lowest BCUT2D eigenvalue weighted by Crippen LogP contribution is -2.40. The molecule has 0 bridgehead atoms. The normalized spacial score (nSPS) is 26.7. The van der Waals surface area contributed by atoms with Crippen LogP contribution in [-0.2, 0) is 11.3 Å². The van der Waals surface area contributed by atoms with Crippen molar-refractivity contribution in [3.63, 3.8) is 0 Å². The molecule has 1 aliphatic carbocycles. The number of aldehydes is 1. The molecule has 2 unspecified atom stereocenters. The zero-order chi connectivity index (χ0) is 14.6. The lowest BCUT2D eigenvalue weighted by molar-refractivity contribution is -0.119. The van der Waals surface area contributed by atoms with Gasteiger partial charge in [0.2, 0.25) is 0 Å². The molecule has 0 spiro atoms. The number of carbonyl (C=O) groups excluding carboxylic acids is 1. The number of rotatable bonds is 5. The lowest BCUT2D eigenvalue weighted by atomic mass is 9.71. The summed E-state index contributed by atoms with van der Waals surface area (Å²) in [6, 6.07) is 8.30. The van der Waals surface area contributed by atoms with Crippen LogP contribution < -0.4 is 0 Å². The fourth-order valence-electron chi connectivity index (χ4n) is 3.50. The van der Waals surface area contributed by atoms with Crippen molar-refractivity contribution < 1.29 is 4.79 Å². The van der Waals surface area contributed by atoms with E-state index in [9.17, 15) is 4.79 Å². The van der Waals surface area contributed by atoms with Crippen molar-refractivity contribution in [3.05, 3.63) is 34.3 Å². The number of hydrogen-bond donors (Lipinski definition) is 0. The van der Waals surface area contributed by atoms with E-state index in [0.29, 0.717) is 5.92 Å². The smallest absolute Gasteiger partial charge is 0.127 e. The van der Waals surface area contributed by atoms with Crippen LogP contribution in [0, 0.1) is 11.3 Å². The summed E-state index contributed by atoms with van der Waals surface area (Å²) in [4.78, 5) is 13.9. The van der Waals surface area contributed by atoms with Gasteiger partial charge in [-0.25, -0.2) is 0 Å². The lowest BCUT2D eigenvalue weighted by Gasteiger charge is -2.38. The molecule has 0 amide bonds. The van der Waals surface area contributed by atoms with Gasteiger partial charge < -0.3 is 9.69 Å². The highest BCUT2D eigenvalue weighted by molar-refractivity contribution is 9.10. The van der Waals surface area contributed by atoms with Crippen molar-refractivity contribution in [2.24, 2.45) is 11.3 Å². The van der Waals surface area contributed by atoms with E-state index in [1.807, 2.05) is 6.07 Å². The van der Waals surface area contributed by atoms with Crippen LogP contribution in [0.2, 0.25) is 0 Å². The number of benzene rings is 1. The zero-order valence-electron chi connectivity index (χ0n) is 12.4. The molecule has 20 heavy (non-hydrogen) atoms. The van der Waals surface area contributed by atoms with Crippen molar-refractivity contribution >= 4 is 22.2 Å². The van der Waals surface area contributed by atoms with E-state index in [0.717, 1.165) is 30.4 Å². The first-order valence-electron chi connectivity index (χ1n) is 7.43. The molecule has 0 N–H and O–H groups in total. The van der Waals surface area contributed by atoms with Crippen molar-refractivity contribution in [1.82, 2.24) is 4.90 Å². The maximum absolute atomic E-state index is 11.6. The average Bonchev–Trinajstić information content (AvgIpc) is 2.41. The Balaban J connectivity index is 2.01. The van der Waals surface area contributed by atoms with Gasteiger partial charge in [0.05, 0.1) is 0 Å². The van der Waals surface area contributed by atoms with Crippen LogP contribution in [0.4, 0.5) is 0 Å². The Morgan fingerprint density at radius 1 is 1.45 bits per heavy atom. The molecule has 2 rings (SSSR count). The van der Waals surface area contributed by atoms with E-state index in [2.05, 4.69) is 53.0 Å². The van der Waals surface area contributed by atoms with Crippen LogP contribution in [0.25, 0.3) is 0 Å². The van der Waals surface area contributed by atoms with Gasteiger partial charge in [0.25, 0.3) is 0 Å². The summed E-state index contributed by atoms with van der Waals surface area (Å²) in [5.41, 5.74) is 1.15. The van der Waals surface area contributed by atoms with E-state index in [1.54, 1.807) is 0 Å². The maximum Gasteiger partial charge on any atom is 0.127 e. The Bertz CT molecular complexity index is 462. The number of hydrogen-bond acceptors (Lipinski definition) is 2. The van der Waals surface area contributed by atoms with Crippen LogP contribution in [-0.4, -0.2) is 24.8 Å². The Morgan fingerprint density at radius 2 is 2.20 bits per heavy atom. The van der Waals surface area contributed by atoms with Crippen molar-refractivity contribution in [2.45, 2.75) is 39.2 Å². The Hall–Kier alpha value is -0.670. The van der Waals surface area contributed by atoms with Gasteiger partial charge in [0.1, 0.15) is 6.29 Å². The Kier molecular flexibility index (Phi) is 5.39. The average molecular weight is 338 g/mol. The molecular formula is C17H24BrNO. The second kappa shape index (κ2) is 6.86. The second-order valence-electron chi connectivity index (χ2n) is 6.45. The highest BCUT2D eigenvalue weighted by Gasteiger charge is 2.35. The minimum absolute atomic E-state index is 0.131.